The van der Waals surface area contributed by atoms with Gasteiger partial charge >= 0.3 is 0 Å². The zero-order valence-corrected chi connectivity index (χ0v) is 6.99. The van der Waals surface area contributed by atoms with E-state index in [-0.39, 0.29) is 0 Å². The fourth-order valence-electron chi connectivity index (χ4n) is 1.33. The Morgan fingerprint density at radius 2 is 1.70 bits per heavy atom. The van der Waals surface area contributed by atoms with Crippen LogP contribution in [0, 0.1) is 5.92 Å². The third-order valence-corrected chi connectivity index (χ3v) is 2.60. The summed E-state index contributed by atoms with van der Waals surface area (Å²) in [5.41, 5.74) is 5.09. The highest BCUT2D eigenvalue weighted by atomic mass is 14.3. The lowest BCUT2D eigenvalue weighted by atomic mass is 10.0. The number of allylic oxidation sites excluding steroid dienone is 4. The van der Waals surface area contributed by atoms with Crippen molar-refractivity contribution >= 4 is 0 Å². The lowest BCUT2D eigenvalue weighted by Gasteiger charge is -2.04. The van der Waals surface area contributed by atoms with E-state index in [0.29, 0.717) is 5.92 Å². The van der Waals surface area contributed by atoms with Gasteiger partial charge in [-0.1, -0.05) is 25.7 Å². The summed E-state index contributed by atoms with van der Waals surface area (Å²) in [5, 5.41) is 0. The molecule has 0 N–H and O–H groups in total. The van der Waals surface area contributed by atoms with Gasteiger partial charge in [0.15, 0.2) is 0 Å². The van der Waals surface area contributed by atoms with Crippen LogP contribution in [0.1, 0.15) is 20.8 Å². The highest BCUT2D eigenvalue weighted by Crippen LogP contribution is 2.37. The van der Waals surface area contributed by atoms with E-state index in [9.17, 15) is 0 Å². The Kier molecular flexibility index (Phi) is 1.55. The Labute approximate surface area is 62.9 Å². The molecule has 0 aliphatic heterocycles. The first-order valence-electron chi connectivity index (χ1n) is 3.61. The minimum atomic E-state index is 0.521. The average molecular weight is 134 g/mol. The molecule has 0 bridgehead atoms. The molecule has 0 aromatic rings. The average Bonchev–Trinajstić information content (AvgIpc) is 2.07. The normalized spacial score (nSPS) is 26.5. The highest BCUT2D eigenvalue weighted by molar-refractivity contribution is 5.54. The molecule has 1 aliphatic carbocycles. The first kappa shape index (κ1) is 7.33. The van der Waals surface area contributed by atoms with Crippen molar-refractivity contribution < 1.29 is 0 Å². The van der Waals surface area contributed by atoms with Crippen molar-refractivity contribution in [1.29, 1.82) is 0 Å². The number of hydrogen-bond acceptors (Lipinski definition) is 0. The van der Waals surface area contributed by atoms with Gasteiger partial charge in [0.2, 0.25) is 0 Å². The molecule has 10 heavy (non-hydrogen) atoms. The van der Waals surface area contributed by atoms with Crippen LogP contribution in [0.5, 0.6) is 0 Å². The topological polar surface area (TPSA) is 0 Å². The predicted molar refractivity (Wildman–Crippen MR) is 45.8 cm³/mol. The zero-order valence-electron chi connectivity index (χ0n) is 6.99. The fourth-order valence-corrected chi connectivity index (χ4v) is 1.33. The minimum Gasteiger partial charge on any atom is -0.0946 e. The van der Waals surface area contributed by atoms with E-state index in [1.54, 1.807) is 0 Å². The Morgan fingerprint density at radius 1 is 1.20 bits per heavy atom. The molecule has 0 fully saturated rings. The van der Waals surface area contributed by atoms with Crippen LogP contribution in [0.15, 0.2) is 35.5 Å². The van der Waals surface area contributed by atoms with E-state index in [1.165, 1.54) is 16.7 Å². The van der Waals surface area contributed by atoms with Gasteiger partial charge in [-0.15, -0.1) is 0 Å². The SMILES string of the molecule is C=C1C(=C)C(C)C(C)=C1C. The molecule has 1 rings (SSSR count). The second-order valence-corrected chi connectivity index (χ2v) is 3.03. The van der Waals surface area contributed by atoms with Crippen LogP contribution in [0.3, 0.4) is 0 Å². The van der Waals surface area contributed by atoms with Crippen molar-refractivity contribution in [2.45, 2.75) is 20.8 Å². The molecule has 0 spiro atoms. The highest BCUT2D eigenvalue weighted by Gasteiger charge is 2.21. The molecule has 0 aromatic heterocycles. The molecule has 0 saturated carbocycles. The summed E-state index contributed by atoms with van der Waals surface area (Å²) in [6, 6.07) is 0. The summed E-state index contributed by atoms with van der Waals surface area (Å²) < 4.78 is 0. The van der Waals surface area contributed by atoms with E-state index in [4.69, 9.17) is 0 Å². The van der Waals surface area contributed by atoms with Gasteiger partial charge < -0.3 is 0 Å². The van der Waals surface area contributed by atoms with Crippen LogP contribution < -0.4 is 0 Å². The number of rotatable bonds is 0. The molecule has 0 heteroatoms. The molecule has 0 saturated heterocycles. The van der Waals surface area contributed by atoms with Gasteiger partial charge in [0, 0.05) is 5.92 Å². The standard InChI is InChI=1S/C10H14/c1-6-7(2)9(4)10(5)8(6)3/h8H,1-2H2,3-5H3. The summed E-state index contributed by atoms with van der Waals surface area (Å²) in [6.45, 7) is 14.4. The maximum atomic E-state index is 3.98. The molecular formula is C10H14. The predicted octanol–water partition coefficient (Wildman–Crippen LogP) is 3.08. The quantitative estimate of drug-likeness (QED) is 0.477. The summed E-state index contributed by atoms with van der Waals surface area (Å²) in [6.07, 6.45) is 0. The molecule has 0 amide bonds. The fraction of sp³-hybridized carbons (Fsp3) is 0.400. The molecule has 1 atom stereocenters. The Bertz CT molecular complexity index is 228. The monoisotopic (exact) mass is 134 g/mol. The van der Waals surface area contributed by atoms with Crippen LogP contribution in [0.25, 0.3) is 0 Å². The van der Waals surface area contributed by atoms with Gasteiger partial charge in [0.05, 0.1) is 0 Å². The van der Waals surface area contributed by atoms with Crippen molar-refractivity contribution in [1.82, 2.24) is 0 Å². The molecule has 54 valence electrons. The van der Waals surface area contributed by atoms with Gasteiger partial charge in [-0.2, -0.15) is 0 Å². The van der Waals surface area contributed by atoms with Crippen LogP contribution in [-0.2, 0) is 0 Å². The minimum absolute atomic E-state index is 0.521. The van der Waals surface area contributed by atoms with Gasteiger partial charge in [-0.25, -0.2) is 0 Å². The van der Waals surface area contributed by atoms with Crippen LogP contribution in [-0.4, -0.2) is 0 Å². The first-order chi connectivity index (χ1) is 4.55. The molecule has 1 unspecified atom stereocenters. The molecular weight excluding hydrogens is 120 g/mol. The van der Waals surface area contributed by atoms with Gasteiger partial charge in [0.1, 0.15) is 0 Å². The Hall–Kier alpha value is -0.780. The van der Waals surface area contributed by atoms with E-state index in [1.807, 2.05) is 0 Å². The number of hydrogen-bond donors (Lipinski definition) is 0. The lowest BCUT2D eigenvalue weighted by molar-refractivity contribution is 0.847. The molecule has 0 nitrogen and oxygen atoms in total. The van der Waals surface area contributed by atoms with E-state index < -0.39 is 0 Å². The van der Waals surface area contributed by atoms with Crippen LogP contribution in [0.2, 0.25) is 0 Å². The van der Waals surface area contributed by atoms with Gasteiger partial charge in [-0.05, 0) is 30.6 Å². The van der Waals surface area contributed by atoms with E-state index in [2.05, 4.69) is 33.9 Å². The van der Waals surface area contributed by atoms with Crippen molar-refractivity contribution in [2.24, 2.45) is 5.92 Å². The molecule has 0 heterocycles. The Balaban J connectivity index is 3.11. The Morgan fingerprint density at radius 3 is 1.80 bits per heavy atom. The van der Waals surface area contributed by atoms with Gasteiger partial charge in [0.25, 0.3) is 0 Å². The molecule has 1 aliphatic rings. The van der Waals surface area contributed by atoms with Crippen molar-refractivity contribution in [3.63, 3.8) is 0 Å². The third kappa shape index (κ3) is 0.756. The van der Waals surface area contributed by atoms with E-state index >= 15 is 0 Å². The maximum absolute atomic E-state index is 3.98. The maximum Gasteiger partial charge on any atom is 0.00229 e. The van der Waals surface area contributed by atoms with Crippen molar-refractivity contribution in [3.05, 3.63) is 35.5 Å². The van der Waals surface area contributed by atoms with Gasteiger partial charge in [-0.3, -0.25) is 0 Å². The second kappa shape index (κ2) is 2.12. The van der Waals surface area contributed by atoms with Crippen molar-refractivity contribution in [2.75, 3.05) is 0 Å². The molecule has 0 aromatic carbocycles. The summed E-state index contributed by atoms with van der Waals surface area (Å²) in [5.74, 6) is 0.521. The first-order valence-corrected chi connectivity index (χ1v) is 3.61. The molecule has 0 radical (unpaired) electrons. The zero-order chi connectivity index (χ0) is 7.89. The third-order valence-electron chi connectivity index (χ3n) is 2.60. The lowest BCUT2D eigenvalue weighted by Crippen LogP contribution is -1.91. The smallest absolute Gasteiger partial charge is 0.00229 e. The van der Waals surface area contributed by atoms with E-state index in [0.717, 1.165) is 5.57 Å². The summed E-state index contributed by atoms with van der Waals surface area (Å²) in [4.78, 5) is 0. The van der Waals surface area contributed by atoms with Crippen LogP contribution >= 0.6 is 0 Å². The summed E-state index contributed by atoms with van der Waals surface area (Å²) >= 11 is 0. The summed E-state index contributed by atoms with van der Waals surface area (Å²) in [7, 11) is 0. The van der Waals surface area contributed by atoms with Crippen LogP contribution in [0.4, 0.5) is 0 Å². The second-order valence-electron chi connectivity index (χ2n) is 3.03. The van der Waals surface area contributed by atoms with Crippen molar-refractivity contribution in [3.8, 4) is 0 Å². The largest absolute Gasteiger partial charge is 0.0946 e.